The minimum atomic E-state index is -4.40. The van der Waals surface area contributed by atoms with Gasteiger partial charge in [0.05, 0.1) is 5.56 Å². The summed E-state index contributed by atoms with van der Waals surface area (Å²) in [5.74, 6) is -0.460. The normalized spacial score (nSPS) is 11.6. The van der Waals surface area contributed by atoms with Crippen LogP contribution < -0.4 is 5.73 Å². The first-order chi connectivity index (χ1) is 8.91. The van der Waals surface area contributed by atoms with Crippen LogP contribution in [-0.2, 0) is 12.7 Å². The van der Waals surface area contributed by atoms with Gasteiger partial charge in [-0.2, -0.15) is 13.2 Å². The summed E-state index contributed by atoms with van der Waals surface area (Å²) in [5.41, 5.74) is 5.80. The maximum Gasteiger partial charge on any atom is 0.416 e. The molecule has 2 aromatic carbocycles. The molecule has 0 aliphatic heterocycles. The van der Waals surface area contributed by atoms with E-state index in [1.54, 1.807) is 6.07 Å². The van der Waals surface area contributed by atoms with Crippen molar-refractivity contribution >= 4 is 0 Å². The van der Waals surface area contributed by atoms with Crippen LogP contribution in [-0.4, -0.2) is 0 Å². The predicted octanol–water partition coefficient (Wildman–Crippen LogP) is 3.97. The second-order valence-corrected chi connectivity index (χ2v) is 4.09. The molecule has 2 rings (SSSR count). The van der Waals surface area contributed by atoms with Crippen LogP contribution in [0.4, 0.5) is 17.6 Å². The first-order valence-corrected chi connectivity index (χ1v) is 5.58. The van der Waals surface area contributed by atoms with E-state index in [1.807, 2.05) is 0 Å². The molecule has 19 heavy (non-hydrogen) atoms. The molecule has 100 valence electrons. The van der Waals surface area contributed by atoms with Crippen LogP contribution in [0.15, 0.2) is 42.5 Å². The quantitative estimate of drug-likeness (QED) is 0.820. The summed E-state index contributed by atoms with van der Waals surface area (Å²) in [7, 11) is 0. The molecule has 2 aromatic rings. The van der Waals surface area contributed by atoms with Crippen LogP contribution in [0.2, 0.25) is 0 Å². The van der Waals surface area contributed by atoms with Crippen LogP contribution in [0.5, 0.6) is 0 Å². The SMILES string of the molecule is NCc1cc(-c2cccc(C(F)(F)F)c2)ccc1F. The number of rotatable bonds is 2. The molecule has 0 saturated heterocycles. The highest BCUT2D eigenvalue weighted by Crippen LogP contribution is 2.32. The summed E-state index contributed by atoms with van der Waals surface area (Å²) in [6.45, 7) is -0.00135. The zero-order valence-electron chi connectivity index (χ0n) is 9.84. The lowest BCUT2D eigenvalue weighted by Gasteiger charge is -2.10. The molecular formula is C14H11F4N. The van der Waals surface area contributed by atoms with Crippen LogP contribution in [0.25, 0.3) is 11.1 Å². The minimum absolute atomic E-state index is 0.00135. The Balaban J connectivity index is 2.47. The van der Waals surface area contributed by atoms with Gasteiger partial charge in [0.2, 0.25) is 0 Å². The average molecular weight is 269 g/mol. The van der Waals surface area contributed by atoms with Crippen molar-refractivity contribution in [3.05, 3.63) is 59.4 Å². The maximum absolute atomic E-state index is 13.3. The zero-order valence-corrected chi connectivity index (χ0v) is 9.84. The molecule has 5 heteroatoms. The third-order valence-electron chi connectivity index (χ3n) is 2.79. The van der Waals surface area contributed by atoms with E-state index in [2.05, 4.69) is 0 Å². The molecule has 0 unspecified atom stereocenters. The Bertz CT molecular complexity index is 590. The standard InChI is InChI=1S/C14H11F4N/c15-13-5-4-10(6-11(13)8-19)9-2-1-3-12(7-9)14(16,17)18/h1-7H,8,19H2. The smallest absolute Gasteiger partial charge is 0.326 e. The van der Waals surface area contributed by atoms with E-state index in [-0.39, 0.29) is 12.1 Å². The van der Waals surface area contributed by atoms with Gasteiger partial charge in [0.25, 0.3) is 0 Å². The lowest BCUT2D eigenvalue weighted by atomic mass is 10.0. The summed E-state index contributed by atoms with van der Waals surface area (Å²) in [4.78, 5) is 0. The second kappa shape index (κ2) is 5.01. The molecule has 0 amide bonds. The molecule has 0 fully saturated rings. The number of alkyl halides is 3. The molecule has 0 saturated carbocycles. The minimum Gasteiger partial charge on any atom is -0.326 e. The fourth-order valence-corrected chi connectivity index (χ4v) is 1.79. The van der Waals surface area contributed by atoms with Gasteiger partial charge >= 0.3 is 6.18 Å². The Kier molecular flexibility index (Phi) is 3.57. The second-order valence-electron chi connectivity index (χ2n) is 4.09. The third-order valence-corrected chi connectivity index (χ3v) is 2.79. The highest BCUT2D eigenvalue weighted by Gasteiger charge is 2.30. The van der Waals surface area contributed by atoms with Crippen molar-refractivity contribution in [2.75, 3.05) is 0 Å². The maximum atomic E-state index is 13.3. The third kappa shape index (κ3) is 2.93. The van der Waals surface area contributed by atoms with E-state index in [1.165, 1.54) is 24.3 Å². The lowest BCUT2D eigenvalue weighted by molar-refractivity contribution is -0.137. The van der Waals surface area contributed by atoms with Crippen molar-refractivity contribution in [1.82, 2.24) is 0 Å². The highest BCUT2D eigenvalue weighted by atomic mass is 19.4. The fourth-order valence-electron chi connectivity index (χ4n) is 1.79. The van der Waals surface area contributed by atoms with Crippen LogP contribution in [0.1, 0.15) is 11.1 Å². The number of halogens is 4. The fraction of sp³-hybridized carbons (Fsp3) is 0.143. The number of benzene rings is 2. The Hall–Kier alpha value is -1.88. The van der Waals surface area contributed by atoms with Gasteiger partial charge in [0.15, 0.2) is 0 Å². The molecule has 1 nitrogen and oxygen atoms in total. The zero-order chi connectivity index (χ0) is 14.0. The van der Waals surface area contributed by atoms with Crippen LogP contribution >= 0.6 is 0 Å². The highest BCUT2D eigenvalue weighted by molar-refractivity contribution is 5.65. The topological polar surface area (TPSA) is 26.0 Å². The van der Waals surface area contributed by atoms with Crippen LogP contribution in [0.3, 0.4) is 0 Å². The van der Waals surface area contributed by atoms with Crippen molar-refractivity contribution in [3.8, 4) is 11.1 Å². The van der Waals surface area contributed by atoms with Crippen molar-refractivity contribution < 1.29 is 17.6 Å². The van der Waals surface area contributed by atoms with Crippen LogP contribution in [0, 0.1) is 5.82 Å². The average Bonchev–Trinajstić information content (AvgIpc) is 2.38. The monoisotopic (exact) mass is 269 g/mol. The Morgan fingerprint density at radius 1 is 0.947 bits per heavy atom. The molecule has 0 aliphatic carbocycles. The van der Waals surface area contributed by atoms with Crippen molar-refractivity contribution in [2.24, 2.45) is 5.73 Å². The van der Waals surface area contributed by atoms with Crippen molar-refractivity contribution in [2.45, 2.75) is 12.7 Å². The van der Waals surface area contributed by atoms with Crippen molar-refractivity contribution in [3.63, 3.8) is 0 Å². The molecule has 0 radical (unpaired) electrons. The first kappa shape index (κ1) is 13.5. The summed E-state index contributed by atoms with van der Waals surface area (Å²) in [6.07, 6.45) is -4.40. The molecule has 0 heterocycles. The van der Waals surface area contributed by atoms with Crippen molar-refractivity contribution in [1.29, 1.82) is 0 Å². The number of nitrogens with two attached hydrogens (primary N) is 1. The number of hydrogen-bond donors (Lipinski definition) is 1. The lowest BCUT2D eigenvalue weighted by Crippen LogP contribution is -2.04. The predicted molar refractivity (Wildman–Crippen MR) is 64.7 cm³/mol. The molecule has 0 bridgehead atoms. The van der Waals surface area contributed by atoms with E-state index in [0.717, 1.165) is 12.1 Å². The largest absolute Gasteiger partial charge is 0.416 e. The molecule has 0 spiro atoms. The van der Waals surface area contributed by atoms with Gasteiger partial charge in [0, 0.05) is 12.1 Å². The van der Waals surface area contributed by atoms with Gasteiger partial charge < -0.3 is 5.73 Å². The van der Waals surface area contributed by atoms with Gasteiger partial charge in [-0.15, -0.1) is 0 Å². The molecule has 0 aliphatic rings. The number of hydrogen-bond acceptors (Lipinski definition) is 1. The Morgan fingerprint density at radius 3 is 2.26 bits per heavy atom. The Morgan fingerprint density at radius 2 is 1.63 bits per heavy atom. The van der Waals surface area contributed by atoms with E-state index in [4.69, 9.17) is 5.73 Å². The molecular weight excluding hydrogens is 258 g/mol. The van der Waals surface area contributed by atoms with E-state index in [0.29, 0.717) is 11.1 Å². The van der Waals surface area contributed by atoms with Gasteiger partial charge in [-0.1, -0.05) is 18.2 Å². The summed E-state index contributed by atoms with van der Waals surface area (Å²) >= 11 is 0. The summed E-state index contributed by atoms with van der Waals surface area (Å²) in [5, 5.41) is 0. The van der Waals surface area contributed by atoms with E-state index in [9.17, 15) is 17.6 Å². The van der Waals surface area contributed by atoms with Gasteiger partial charge in [-0.25, -0.2) is 4.39 Å². The summed E-state index contributed by atoms with van der Waals surface area (Å²) < 4.78 is 51.1. The van der Waals surface area contributed by atoms with Gasteiger partial charge in [0.1, 0.15) is 5.82 Å². The van der Waals surface area contributed by atoms with Gasteiger partial charge in [-0.3, -0.25) is 0 Å². The molecule has 2 N–H and O–H groups in total. The van der Waals surface area contributed by atoms with Gasteiger partial charge in [-0.05, 0) is 35.4 Å². The molecule has 0 aromatic heterocycles. The van der Waals surface area contributed by atoms with E-state index >= 15 is 0 Å². The first-order valence-electron chi connectivity index (χ1n) is 5.58. The summed E-state index contributed by atoms with van der Waals surface area (Å²) in [6, 6.07) is 9.00. The molecule has 0 atom stereocenters. The van der Waals surface area contributed by atoms with E-state index < -0.39 is 17.6 Å². The Labute approximate surface area is 107 Å².